The lowest BCUT2D eigenvalue weighted by Gasteiger charge is -2.09. The Morgan fingerprint density at radius 2 is 1.92 bits per heavy atom. The van der Waals surface area contributed by atoms with Crippen LogP contribution < -0.4 is 14.8 Å². The molecule has 0 fully saturated rings. The van der Waals surface area contributed by atoms with Gasteiger partial charge in [0, 0.05) is 5.56 Å². The van der Waals surface area contributed by atoms with Crippen LogP contribution in [0.3, 0.4) is 0 Å². The Hall–Kier alpha value is -2.44. The fourth-order valence-electron chi connectivity index (χ4n) is 1.96. The fraction of sp³-hybridized carbons (Fsp3) is 0.176. The van der Waals surface area contributed by atoms with Crippen LogP contribution in [0, 0.1) is 0 Å². The van der Waals surface area contributed by atoms with E-state index in [1.54, 1.807) is 36.4 Å². The molecule has 0 aromatic heterocycles. The van der Waals surface area contributed by atoms with E-state index in [1.807, 2.05) is 0 Å². The van der Waals surface area contributed by atoms with Crippen molar-refractivity contribution in [1.82, 2.24) is 0 Å². The number of anilines is 1. The van der Waals surface area contributed by atoms with Gasteiger partial charge in [-0.3, -0.25) is 4.79 Å². The number of para-hydroxylation sites is 1. The molecule has 2 aromatic rings. The summed E-state index contributed by atoms with van der Waals surface area (Å²) in [5.41, 5.74) is 1.14. The van der Waals surface area contributed by atoms with E-state index in [2.05, 4.69) is 10.5 Å². The SMILES string of the molecule is COc1cc(/C=N/OCC(=O)Nc2ccccc2Cl)cc(Cl)c1OC. The molecule has 1 N–H and O–H groups in total. The number of methoxy groups -OCH3 is 2. The number of nitrogens with one attached hydrogen (secondary N) is 1. The average Bonchev–Trinajstić information content (AvgIpc) is 2.60. The van der Waals surface area contributed by atoms with E-state index in [0.29, 0.717) is 32.8 Å². The van der Waals surface area contributed by atoms with Gasteiger partial charge in [-0.15, -0.1) is 0 Å². The van der Waals surface area contributed by atoms with Gasteiger partial charge in [-0.05, 0) is 24.3 Å². The standard InChI is InChI=1S/C17H16Cl2N2O4/c1-23-15-8-11(7-13(19)17(15)24-2)9-20-25-10-16(22)21-14-6-4-3-5-12(14)18/h3-9H,10H2,1-2H3,(H,21,22)/b20-9+. The maximum atomic E-state index is 11.8. The van der Waals surface area contributed by atoms with Gasteiger partial charge in [0.15, 0.2) is 18.1 Å². The Morgan fingerprint density at radius 1 is 1.16 bits per heavy atom. The van der Waals surface area contributed by atoms with Crippen molar-refractivity contribution in [3.63, 3.8) is 0 Å². The molecule has 0 unspecified atom stereocenters. The molecule has 25 heavy (non-hydrogen) atoms. The molecular weight excluding hydrogens is 367 g/mol. The number of rotatable bonds is 7. The summed E-state index contributed by atoms with van der Waals surface area (Å²) in [6.45, 7) is -0.261. The highest BCUT2D eigenvalue weighted by molar-refractivity contribution is 6.33. The molecule has 1 amide bonds. The van der Waals surface area contributed by atoms with E-state index in [0.717, 1.165) is 0 Å². The zero-order valence-corrected chi connectivity index (χ0v) is 15.1. The van der Waals surface area contributed by atoms with Crippen molar-refractivity contribution < 1.29 is 19.1 Å². The van der Waals surface area contributed by atoms with Crippen LogP contribution in [0.4, 0.5) is 5.69 Å². The van der Waals surface area contributed by atoms with Gasteiger partial charge >= 0.3 is 0 Å². The summed E-state index contributed by atoms with van der Waals surface area (Å²) in [5, 5.41) is 7.19. The predicted molar refractivity (Wildman–Crippen MR) is 98.2 cm³/mol. The van der Waals surface area contributed by atoms with Crippen LogP contribution in [0.15, 0.2) is 41.6 Å². The minimum Gasteiger partial charge on any atom is -0.493 e. The number of oxime groups is 1. The summed E-state index contributed by atoms with van der Waals surface area (Å²) in [6.07, 6.45) is 1.41. The van der Waals surface area contributed by atoms with E-state index < -0.39 is 0 Å². The number of halogens is 2. The van der Waals surface area contributed by atoms with E-state index in [9.17, 15) is 4.79 Å². The summed E-state index contributed by atoms with van der Waals surface area (Å²) < 4.78 is 10.3. The molecule has 0 radical (unpaired) electrons. The Balaban J connectivity index is 1.92. The molecule has 0 saturated heterocycles. The second-order valence-electron chi connectivity index (χ2n) is 4.77. The van der Waals surface area contributed by atoms with Gasteiger partial charge in [-0.1, -0.05) is 40.5 Å². The Kier molecular flexibility index (Phi) is 6.91. The van der Waals surface area contributed by atoms with Gasteiger partial charge < -0.3 is 19.6 Å². The van der Waals surface area contributed by atoms with Gasteiger partial charge in [-0.2, -0.15) is 0 Å². The predicted octanol–water partition coefficient (Wildman–Crippen LogP) is 4.00. The Labute approximate surface area is 155 Å². The number of carbonyl (C=O) groups excluding carboxylic acids is 1. The lowest BCUT2D eigenvalue weighted by Crippen LogP contribution is -2.17. The summed E-state index contributed by atoms with van der Waals surface area (Å²) in [7, 11) is 3.00. The van der Waals surface area contributed by atoms with Crippen molar-refractivity contribution >= 4 is 41.0 Å². The van der Waals surface area contributed by atoms with Crippen LogP contribution >= 0.6 is 23.2 Å². The van der Waals surface area contributed by atoms with Gasteiger partial charge in [0.2, 0.25) is 0 Å². The number of hydrogen-bond donors (Lipinski definition) is 1. The summed E-state index contributed by atoms with van der Waals surface area (Å²) in [6, 6.07) is 10.2. The first-order valence-electron chi connectivity index (χ1n) is 7.16. The van der Waals surface area contributed by atoms with E-state index in [1.165, 1.54) is 20.4 Å². The van der Waals surface area contributed by atoms with Crippen molar-refractivity contribution in [2.24, 2.45) is 5.16 Å². The van der Waals surface area contributed by atoms with E-state index in [-0.39, 0.29) is 12.5 Å². The second kappa shape index (κ2) is 9.15. The molecular formula is C17H16Cl2N2O4. The third kappa shape index (κ3) is 5.27. The number of benzene rings is 2. The zero-order valence-electron chi connectivity index (χ0n) is 13.6. The van der Waals surface area contributed by atoms with Crippen LogP contribution in [-0.2, 0) is 9.63 Å². The van der Waals surface area contributed by atoms with Crippen molar-refractivity contribution in [1.29, 1.82) is 0 Å². The first-order valence-corrected chi connectivity index (χ1v) is 7.92. The van der Waals surface area contributed by atoms with Gasteiger partial charge in [-0.25, -0.2) is 0 Å². The van der Waals surface area contributed by atoms with Crippen molar-refractivity contribution in [3.05, 3.63) is 52.0 Å². The molecule has 2 aromatic carbocycles. The quantitative estimate of drug-likeness (QED) is 0.580. The van der Waals surface area contributed by atoms with Crippen LogP contribution in [0.25, 0.3) is 0 Å². The highest BCUT2D eigenvalue weighted by atomic mass is 35.5. The smallest absolute Gasteiger partial charge is 0.265 e. The van der Waals surface area contributed by atoms with Crippen LogP contribution in [0.2, 0.25) is 10.0 Å². The summed E-state index contributed by atoms with van der Waals surface area (Å²) in [5.74, 6) is 0.518. The van der Waals surface area contributed by atoms with E-state index in [4.69, 9.17) is 37.5 Å². The maximum absolute atomic E-state index is 11.8. The number of amides is 1. The monoisotopic (exact) mass is 382 g/mol. The molecule has 0 aliphatic heterocycles. The topological polar surface area (TPSA) is 69.2 Å². The molecule has 2 rings (SSSR count). The van der Waals surface area contributed by atoms with Gasteiger partial charge in [0.25, 0.3) is 5.91 Å². The maximum Gasteiger partial charge on any atom is 0.265 e. The van der Waals surface area contributed by atoms with Crippen LogP contribution in [0.1, 0.15) is 5.56 Å². The summed E-state index contributed by atoms with van der Waals surface area (Å²) in [4.78, 5) is 16.8. The molecule has 0 heterocycles. The average molecular weight is 383 g/mol. The molecule has 0 aliphatic rings. The van der Waals surface area contributed by atoms with Crippen LogP contribution in [-0.4, -0.2) is 32.9 Å². The first-order chi connectivity index (χ1) is 12.0. The number of nitrogens with zero attached hydrogens (tertiary/aromatic N) is 1. The number of ether oxygens (including phenoxy) is 2. The third-order valence-electron chi connectivity index (χ3n) is 3.08. The zero-order chi connectivity index (χ0) is 18.2. The molecule has 0 aliphatic carbocycles. The fourth-order valence-corrected chi connectivity index (χ4v) is 2.43. The molecule has 8 heteroatoms. The highest BCUT2D eigenvalue weighted by Gasteiger charge is 2.10. The molecule has 132 valence electrons. The van der Waals surface area contributed by atoms with Gasteiger partial charge in [0.05, 0.1) is 36.2 Å². The van der Waals surface area contributed by atoms with E-state index >= 15 is 0 Å². The largest absolute Gasteiger partial charge is 0.493 e. The Bertz CT molecular complexity index is 781. The van der Waals surface area contributed by atoms with Crippen molar-refractivity contribution in [2.75, 3.05) is 26.1 Å². The highest BCUT2D eigenvalue weighted by Crippen LogP contribution is 2.35. The van der Waals surface area contributed by atoms with Crippen molar-refractivity contribution in [2.45, 2.75) is 0 Å². The number of hydrogen-bond acceptors (Lipinski definition) is 5. The van der Waals surface area contributed by atoms with Gasteiger partial charge in [0.1, 0.15) is 0 Å². The molecule has 0 spiro atoms. The number of carbonyl (C=O) groups is 1. The first kappa shape index (κ1) is 18.9. The minimum absolute atomic E-state index is 0.261. The van der Waals surface area contributed by atoms with Crippen molar-refractivity contribution in [3.8, 4) is 11.5 Å². The Morgan fingerprint density at radius 3 is 2.60 bits per heavy atom. The summed E-state index contributed by atoms with van der Waals surface area (Å²) >= 11 is 12.1. The minimum atomic E-state index is -0.379. The van der Waals surface area contributed by atoms with Crippen LogP contribution in [0.5, 0.6) is 11.5 Å². The second-order valence-corrected chi connectivity index (χ2v) is 5.59. The molecule has 0 atom stereocenters. The lowest BCUT2D eigenvalue weighted by atomic mass is 10.2. The third-order valence-corrected chi connectivity index (χ3v) is 3.69. The molecule has 6 nitrogen and oxygen atoms in total. The lowest BCUT2D eigenvalue weighted by molar-refractivity contribution is -0.120. The molecule has 0 saturated carbocycles. The normalized spacial score (nSPS) is 10.6. The molecule has 0 bridgehead atoms.